The molecular formula is C12H14IN5O2. The van der Waals surface area contributed by atoms with E-state index in [0.29, 0.717) is 5.75 Å². The number of rotatable bonds is 5. The molecule has 2 rings (SSSR count). The first kappa shape index (κ1) is 14.7. The molecule has 0 bridgehead atoms. The van der Waals surface area contributed by atoms with Gasteiger partial charge in [-0.05, 0) is 54.6 Å². The number of anilines is 1. The first-order chi connectivity index (χ1) is 9.56. The largest absolute Gasteiger partial charge is 0.461 e. The lowest BCUT2D eigenvalue weighted by atomic mass is 10.3. The van der Waals surface area contributed by atoms with E-state index in [1.54, 1.807) is 0 Å². The number of nitrogens with zero attached hydrogens (tertiary/aromatic N) is 3. The minimum absolute atomic E-state index is 0.0615. The van der Waals surface area contributed by atoms with Gasteiger partial charge >= 0.3 is 12.0 Å². The monoisotopic (exact) mass is 387 g/mol. The van der Waals surface area contributed by atoms with E-state index in [1.807, 2.05) is 38.1 Å². The summed E-state index contributed by atoms with van der Waals surface area (Å²) in [6.07, 6.45) is -0.0615. The Hall–Kier alpha value is -1.68. The smallest absolute Gasteiger partial charge is 0.330 e. The van der Waals surface area contributed by atoms with E-state index in [-0.39, 0.29) is 24.1 Å². The molecule has 0 fully saturated rings. The number of hydrogen-bond donors (Lipinski definition) is 2. The molecule has 106 valence electrons. The van der Waals surface area contributed by atoms with Gasteiger partial charge in [-0.1, -0.05) is 6.07 Å². The molecule has 2 aromatic rings. The van der Waals surface area contributed by atoms with E-state index < -0.39 is 0 Å². The standard InChI is InChI=1S/C12H14IN5O2/c1-7(2)19-11-15-10(18-14)16-12(17-11)20-9-5-3-4-8(13)6-9/h3-7H,14H2,1-2H3,(H,15,16,17,18). The molecule has 0 aliphatic rings. The quantitative estimate of drug-likeness (QED) is 0.462. The van der Waals surface area contributed by atoms with E-state index in [4.69, 9.17) is 15.3 Å². The second kappa shape index (κ2) is 6.66. The van der Waals surface area contributed by atoms with Crippen LogP contribution >= 0.6 is 22.6 Å². The number of nitrogens with one attached hydrogen (secondary N) is 1. The number of nitrogens with two attached hydrogens (primary N) is 1. The molecule has 0 amide bonds. The normalized spacial score (nSPS) is 10.4. The number of halogens is 1. The molecule has 0 aliphatic heterocycles. The van der Waals surface area contributed by atoms with Crippen LogP contribution in [0, 0.1) is 3.57 Å². The molecule has 0 saturated carbocycles. The highest BCUT2D eigenvalue weighted by Gasteiger charge is 2.10. The maximum absolute atomic E-state index is 5.58. The summed E-state index contributed by atoms with van der Waals surface area (Å²) in [6.45, 7) is 3.75. The Bertz CT molecular complexity index is 594. The molecule has 0 saturated heterocycles. The Morgan fingerprint density at radius 1 is 1.20 bits per heavy atom. The minimum atomic E-state index is -0.0615. The molecule has 0 spiro atoms. The highest BCUT2D eigenvalue weighted by molar-refractivity contribution is 14.1. The van der Waals surface area contributed by atoms with Crippen molar-refractivity contribution in [3.8, 4) is 17.8 Å². The predicted molar refractivity (Wildman–Crippen MR) is 82.6 cm³/mol. The van der Waals surface area contributed by atoms with Crippen molar-refractivity contribution in [3.05, 3.63) is 27.8 Å². The van der Waals surface area contributed by atoms with Gasteiger partial charge in [0, 0.05) is 3.57 Å². The Balaban J connectivity index is 2.26. The molecule has 3 N–H and O–H groups in total. The van der Waals surface area contributed by atoms with Gasteiger partial charge in [-0.25, -0.2) is 5.84 Å². The molecule has 0 unspecified atom stereocenters. The molecule has 1 aromatic heterocycles. The van der Waals surface area contributed by atoms with Crippen molar-refractivity contribution >= 4 is 28.5 Å². The molecule has 0 aliphatic carbocycles. The second-order valence-corrected chi connectivity index (χ2v) is 5.34. The van der Waals surface area contributed by atoms with Gasteiger partial charge in [0.25, 0.3) is 0 Å². The zero-order valence-electron chi connectivity index (χ0n) is 11.0. The zero-order valence-corrected chi connectivity index (χ0v) is 13.2. The van der Waals surface area contributed by atoms with Crippen LogP contribution in [0.25, 0.3) is 0 Å². The van der Waals surface area contributed by atoms with Crippen molar-refractivity contribution in [2.75, 3.05) is 5.43 Å². The van der Waals surface area contributed by atoms with Crippen molar-refractivity contribution in [2.45, 2.75) is 20.0 Å². The topological polar surface area (TPSA) is 95.2 Å². The average molecular weight is 387 g/mol. The van der Waals surface area contributed by atoms with E-state index in [9.17, 15) is 0 Å². The summed E-state index contributed by atoms with van der Waals surface area (Å²) in [5.41, 5.74) is 2.35. The Morgan fingerprint density at radius 2 is 1.95 bits per heavy atom. The third-order valence-electron chi connectivity index (χ3n) is 2.07. The van der Waals surface area contributed by atoms with Crippen LogP contribution in [0.4, 0.5) is 5.95 Å². The maximum Gasteiger partial charge on any atom is 0.330 e. The van der Waals surface area contributed by atoms with Crippen LogP contribution in [-0.4, -0.2) is 21.1 Å². The molecule has 1 heterocycles. The van der Waals surface area contributed by atoms with Gasteiger partial charge in [0.15, 0.2) is 0 Å². The summed E-state index contributed by atoms with van der Waals surface area (Å²) in [5.74, 6) is 6.12. The van der Waals surface area contributed by atoms with Gasteiger partial charge < -0.3 is 9.47 Å². The lowest BCUT2D eigenvalue weighted by molar-refractivity contribution is 0.218. The average Bonchev–Trinajstić information content (AvgIpc) is 2.37. The summed E-state index contributed by atoms with van der Waals surface area (Å²) in [6, 6.07) is 7.79. The molecule has 7 nitrogen and oxygen atoms in total. The van der Waals surface area contributed by atoms with Gasteiger partial charge in [-0.15, -0.1) is 4.98 Å². The Labute approximate surface area is 130 Å². The summed E-state index contributed by atoms with van der Waals surface area (Å²) in [4.78, 5) is 12.1. The summed E-state index contributed by atoms with van der Waals surface area (Å²) in [5, 5.41) is 0. The van der Waals surface area contributed by atoms with E-state index in [1.165, 1.54) is 0 Å². The van der Waals surface area contributed by atoms with Crippen LogP contribution in [0.2, 0.25) is 0 Å². The fraction of sp³-hybridized carbons (Fsp3) is 0.250. The van der Waals surface area contributed by atoms with Gasteiger partial charge in [0.2, 0.25) is 5.95 Å². The predicted octanol–water partition coefficient (Wildman–Crippen LogP) is 2.34. The number of benzene rings is 1. The van der Waals surface area contributed by atoms with E-state index in [0.717, 1.165) is 3.57 Å². The van der Waals surface area contributed by atoms with Gasteiger partial charge in [0.05, 0.1) is 6.10 Å². The van der Waals surface area contributed by atoms with Crippen LogP contribution in [0.5, 0.6) is 17.8 Å². The lowest BCUT2D eigenvalue weighted by Crippen LogP contribution is -2.14. The van der Waals surface area contributed by atoms with Crippen LogP contribution in [0.15, 0.2) is 24.3 Å². The van der Waals surface area contributed by atoms with Gasteiger partial charge in [0.1, 0.15) is 5.75 Å². The third kappa shape index (κ3) is 4.17. The molecule has 20 heavy (non-hydrogen) atoms. The lowest BCUT2D eigenvalue weighted by Gasteiger charge is -2.10. The number of aromatic nitrogens is 3. The third-order valence-corrected chi connectivity index (χ3v) is 2.74. The van der Waals surface area contributed by atoms with E-state index >= 15 is 0 Å². The number of hydrazine groups is 1. The van der Waals surface area contributed by atoms with Crippen molar-refractivity contribution in [1.82, 2.24) is 15.0 Å². The Morgan fingerprint density at radius 3 is 2.60 bits per heavy atom. The highest BCUT2D eigenvalue weighted by Crippen LogP contribution is 2.22. The van der Waals surface area contributed by atoms with Gasteiger partial charge in [-0.3, -0.25) is 5.43 Å². The second-order valence-electron chi connectivity index (χ2n) is 4.09. The minimum Gasteiger partial charge on any atom is -0.461 e. The first-order valence-corrected chi connectivity index (χ1v) is 6.97. The van der Waals surface area contributed by atoms with Crippen LogP contribution in [0.3, 0.4) is 0 Å². The van der Waals surface area contributed by atoms with Crippen LogP contribution in [0.1, 0.15) is 13.8 Å². The molecule has 0 atom stereocenters. The highest BCUT2D eigenvalue weighted by atomic mass is 127. The number of ether oxygens (including phenoxy) is 2. The number of hydrogen-bond acceptors (Lipinski definition) is 7. The van der Waals surface area contributed by atoms with Crippen LogP contribution < -0.4 is 20.7 Å². The molecule has 0 radical (unpaired) electrons. The first-order valence-electron chi connectivity index (χ1n) is 5.89. The van der Waals surface area contributed by atoms with Crippen molar-refractivity contribution in [1.29, 1.82) is 0 Å². The van der Waals surface area contributed by atoms with Crippen molar-refractivity contribution in [2.24, 2.45) is 5.84 Å². The van der Waals surface area contributed by atoms with Crippen LogP contribution in [-0.2, 0) is 0 Å². The Kier molecular flexibility index (Phi) is 4.90. The molecular weight excluding hydrogens is 373 g/mol. The SMILES string of the molecule is CC(C)Oc1nc(NN)nc(Oc2cccc(I)c2)n1. The summed E-state index contributed by atoms with van der Waals surface area (Å²) >= 11 is 2.19. The fourth-order valence-corrected chi connectivity index (χ4v) is 1.86. The summed E-state index contributed by atoms with van der Waals surface area (Å²) < 4.78 is 12.0. The van der Waals surface area contributed by atoms with Crippen molar-refractivity contribution in [3.63, 3.8) is 0 Å². The number of nitrogen functional groups attached to an aromatic ring is 1. The molecule has 8 heteroatoms. The van der Waals surface area contributed by atoms with Gasteiger partial charge in [-0.2, -0.15) is 9.97 Å². The van der Waals surface area contributed by atoms with E-state index in [2.05, 4.69) is 43.0 Å². The summed E-state index contributed by atoms with van der Waals surface area (Å²) in [7, 11) is 0. The maximum atomic E-state index is 5.58. The molecule has 1 aromatic carbocycles. The van der Waals surface area contributed by atoms with Crippen molar-refractivity contribution < 1.29 is 9.47 Å². The zero-order chi connectivity index (χ0) is 14.5. The fourth-order valence-electron chi connectivity index (χ4n) is 1.35.